The Balaban J connectivity index is 0.819. The number of hydrogen-bond acceptors (Lipinski definition) is 19. The van der Waals surface area contributed by atoms with Crippen LogP contribution in [-0.2, 0) is 82.6 Å². The summed E-state index contributed by atoms with van der Waals surface area (Å²) in [6, 6.07) is 2.04. The van der Waals surface area contributed by atoms with E-state index in [4.69, 9.17) is 57.9 Å². The van der Waals surface area contributed by atoms with Crippen molar-refractivity contribution in [3.8, 4) is 0 Å². The first kappa shape index (κ1) is 58.3. The summed E-state index contributed by atoms with van der Waals surface area (Å²) < 4.78 is 55.0. The number of carbonyl (C=O) groups excluding carboxylic acids is 5. The maximum absolute atomic E-state index is 13.2. The molecule has 22 nitrogen and oxygen atoms in total. The van der Waals surface area contributed by atoms with E-state index in [0.717, 1.165) is 45.3 Å². The summed E-state index contributed by atoms with van der Waals surface area (Å²) in [5.74, 6) is -0.768. The summed E-state index contributed by atoms with van der Waals surface area (Å²) in [7, 11) is 0. The first-order chi connectivity index (χ1) is 34.2. The molecule has 1 aromatic heterocycles. The van der Waals surface area contributed by atoms with Gasteiger partial charge in [0, 0.05) is 55.2 Å². The molecule has 3 N–H and O–H groups in total. The third-order valence-electron chi connectivity index (χ3n) is 10.3. The molecule has 23 heteroatoms. The van der Waals surface area contributed by atoms with Crippen LogP contribution in [0.1, 0.15) is 42.9 Å². The van der Waals surface area contributed by atoms with Crippen LogP contribution in [0.3, 0.4) is 0 Å². The van der Waals surface area contributed by atoms with Crippen LogP contribution in [-0.4, -0.2) is 222 Å². The topological polar surface area (TPSA) is 247 Å². The second-order valence-electron chi connectivity index (χ2n) is 15.9. The summed E-state index contributed by atoms with van der Waals surface area (Å²) in [5.41, 5.74) is 7.54. The molecule has 0 spiro atoms. The second-order valence-corrected chi connectivity index (χ2v) is 17.1. The van der Waals surface area contributed by atoms with Crippen molar-refractivity contribution in [2.75, 3.05) is 171 Å². The number of imide groups is 1. The van der Waals surface area contributed by atoms with Gasteiger partial charge in [0.2, 0.25) is 11.8 Å². The molecule has 0 radical (unpaired) electrons. The minimum absolute atomic E-state index is 0.0825. The molecule has 3 aliphatic heterocycles. The maximum atomic E-state index is 13.2. The number of hydroxylamine groups is 2. The molecule has 0 aliphatic carbocycles. The predicted molar refractivity (Wildman–Crippen MR) is 257 cm³/mol. The van der Waals surface area contributed by atoms with E-state index < -0.39 is 17.7 Å². The van der Waals surface area contributed by atoms with Gasteiger partial charge in [-0.05, 0) is 37.8 Å². The van der Waals surface area contributed by atoms with Gasteiger partial charge in [-0.2, -0.15) is 0 Å². The zero-order valence-corrected chi connectivity index (χ0v) is 41.7. The summed E-state index contributed by atoms with van der Waals surface area (Å²) in [6.45, 7) is 14.5. The third-order valence-corrected chi connectivity index (χ3v) is 11.4. The van der Waals surface area contributed by atoms with Gasteiger partial charge in [-0.1, -0.05) is 6.92 Å². The smallest absolute Gasteiger partial charge is 0.273 e. The first-order valence-electron chi connectivity index (χ1n) is 24.1. The van der Waals surface area contributed by atoms with Crippen LogP contribution in [0, 0.1) is 5.92 Å². The van der Waals surface area contributed by atoms with Crippen LogP contribution >= 0.6 is 11.3 Å². The Labute approximate surface area is 414 Å². The Bertz CT molecular complexity index is 1780. The van der Waals surface area contributed by atoms with Crippen molar-refractivity contribution in [1.82, 2.24) is 20.2 Å². The zero-order valence-electron chi connectivity index (χ0n) is 40.9. The van der Waals surface area contributed by atoms with Gasteiger partial charge in [0.25, 0.3) is 17.7 Å². The minimum Gasteiger partial charge on any atom is -0.387 e. The van der Waals surface area contributed by atoms with E-state index in [1.165, 1.54) is 5.06 Å². The molecule has 0 bridgehead atoms. The molecular formula is C47H74N6O16S. The number of aliphatic imine (C=N–C) groups is 1. The number of thiophene rings is 1. The van der Waals surface area contributed by atoms with Crippen molar-refractivity contribution in [2.45, 2.75) is 39.5 Å². The molecule has 5 amide bonds. The standard InChI is InChI=1S/C47H74N6O16S/c1-3-9-53(69-4-2)47(58)38-31-41-40(50-42(48)32-38)33-39(70-41)30-37-34-51(35-37)44(55)7-10-59-12-14-61-16-18-63-20-22-65-24-26-67-28-29-68-27-25-66-23-21-64-19-17-62-15-13-60-11-8-49-43(54)36-52-45(56)5-6-46(52)57/h5-6,31,33,37H,3-4,7-30,32,34-36H2,1-2H3,(H2,48,50)(H,49,54). The molecule has 1 aromatic rings. The largest absolute Gasteiger partial charge is 0.387 e. The number of nitrogens with zero attached hydrogens (tertiary/aromatic N) is 4. The quantitative estimate of drug-likeness (QED) is 0.0533. The summed E-state index contributed by atoms with van der Waals surface area (Å²) in [4.78, 5) is 75.5. The third kappa shape index (κ3) is 23.8. The summed E-state index contributed by atoms with van der Waals surface area (Å²) in [6.07, 6.45) is 6.38. The van der Waals surface area contributed by atoms with Crippen molar-refractivity contribution in [1.29, 1.82) is 0 Å². The fourth-order valence-corrected chi connectivity index (χ4v) is 8.04. The van der Waals surface area contributed by atoms with E-state index in [0.29, 0.717) is 176 Å². The van der Waals surface area contributed by atoms with Crippen molar-refractivity contribution in [3.63, 3.8) is 0 Å². The minimum atomic E-state index is -0.497. The lowest BCUT2D eigenvalue weighted by Gasteiger charge is -2.39. The lowest BCUT2D eigenvalue weighted by atomic mass is 9.95. The SMILES string of the molecule is CCCN(OCC)C(=O)C1=Cc2sc(CC3CN(C(=O)CCOCCOCCOCCOCCOCCOCCOCCOCCOCCOCCNC(=O)CN4C(=O)C=CC4=O)C3)cc2N=C(N)C1. The van der Waals surface area contributed by atoms with Crippen LogP contribution in [0.15, 0.2) is 28.8 Å². The van der Waals surface area contributed by atoms with Gasteiger partial charge in [0.15, 0.2) is 0 Å². The first-order valence-corrected chi connectivity index (χ1v) is 25.0. The Morgan fingerprint density at radius 2 is 1.19 bits per heavy atom. The number of carbonyl (C=O) groups is 5. The van der Waals surface area contributed by atoms with Crippen molar-refractivity contribution >= 4 is 58.5 Å². The number of amides is 5. The van der Waals surface area contributed by atoms with Crippen LogP contribution in [0.2, 0.25) is 0 Å². The highest BCUT2D eigenvalue weighted by molar-refractivity contribution is 7.13. The maximum Gasteiger partial charge on any atom is 0.273 e. The number of ether oxygens (including phenoxy) is 10. The zero-order chi connectivity index (χ0) is 50.0. The number of hydrogen-bond donors (Lipinski definition) is 2. The van der Waals surface area contributed by atoms with Gasteiger partial charge in [-0.15, -0.1) is 11.3 Å². The van der Waals surface area contributed by atoms with E-state index in [1.807, 2.05) is 30.9 Å². The van der Waals surface area contributed by atoms with Gasteiger partial charge in [-0.3, -0.25) is 33.7 Å². The Kier molecular flexibility index (Phi) is 29.8. The lowest BCUT2D eigenvalue weighted by Crippen LogP contribution is -2.50. The fourth-order valence-electron chi connectivity index (χ4n) is 6.85. The average Bonchev–Trinajstić information content (AvgIpc) is 3.81. The van der Waals surface area contributed by atoms with Crippen LogP contribution < -0.4 is 11.1 Å². The van der Waals surface area contributed by atoms with E-state index in [-0.39, 0.29) is 37.9 Å². The summed E-state index contributed by atoms with van der Waals surface area (Å²) >= 11 is 1.61. The molecule has 4 heterocycles. The lowest BCUT2D eigenvalue weighted by molar-refractivity contribution is -0.180. The number of likely N-dealkylation sites (tertiary alicyclic amines) is 1. The highest BCUT2D eigenvalue weighted by atomic mass is 32.1. The fraction of sp³-hybridized carbons (Fsp3) is 0.702. The molecule has 0 saturated carbocycles. The normalized spacial score (nSPS) is 14.7. The van der Waals surface area contributed by atoms with Crippen molar-refractivity contribution in [2.24, 2.45) is 16.6 Å². The van der Waals surface area contributed by atoms with Gasteiger partial charge in [-0.25, -0.2) is 10.1 Å². The Morgan fingerprint density at radius 3 is 1.66 bits per heavy atom. The van der Waals surface area contributed by atoms with Crippen LogP contribution in [0.4, 0.5) is 5.69 Å². The van der Waals surface area contributed by atoms with E-state index in [2.05, 4.69) is 10.3 Å². The molecule has 3 aliphatic rings. The number of nitrogens with one attached hydrogen (secondary N) is 1. The molecule has 0 unspecified atom stereocenters. The Morgan fingerprint density at radius 1 is 0.714 bits per heavy atom. The van der Waals surface area contributed by atoms with Gasteiger partial charge >= 0.3 is 0 Å². The van der Waals surface area contributed by atoms with E-state index in [1.54, 1.807) is 11.3 Å². The van der Waals surface area contributed by atoms with Crippen LogP contribution in [0.25, 0.3) is 6.08 Å². The molecule has 1 saturated heterocycles. The number of fused-ring (bicyclic) bond motifs is 1. The molecule has 1 fully saturated rings. The van der Waals surface area contributed by atoms with E-state index in [9.17, 15) is 24.0 Å². The number of amidine groups is 1. The van der Waals surface area contributed by atoms with Crippen molar-refractivity contribution in [3.05, 3.63) is 33.5 Å². The number of nitrogens with two attached hydrogens (primary N) is 1. The van der Waals surface area contributed by atoms with Gasteiger partial charge in [0.05, 0.1) is 156 Å². The van der Waals surface area contributed by atoms with Gasteiger partial charge in [0.1, 0.15) is 12.4 Å². The molecular weight excluding hydrogens is 937 g/mol. The molecule has 394 valence electrons. The van der Waals surface area contributed by atoms with Crippen molar-refractivity contribution < 1.29 is 76.2 Å². The second kappa shape index (κ2) is 35.8. The van der Waals surface area contributed by atoms with Crippen LogP contribution in [0.5, 0.6) is 0 Å². The summed E-state index contributed by atoms with van der Waals surface area (Å²) in [5, 5.41) is 4.00. The highest BCUT2D eigenvalue weighted by Gasteiger charge is 2.31. The van der Waals surface area contributed by atoms with Gasteiger partial charge < -0.3 is 63.3 Å². The monoisotopic (exact) mass is 1010 g/mol. The molecule has 0 atom stereocenters. The molecule has 0 aromatic carbocycles. The number of rotatable bonds is 42. The predicted octanol–water partition coefficient (Wildman–Crippen LogP) is 1.31. The Hall–Kier alpha value is -4.24. The molecule has 4 rings (SSSR count). The van der Waals surface area contributed by atoms with E-state index >= 15 is 0 Å². The molecule has 70 heavy (non-hydrogen) atoms. The average molecular weight is 1010 g/mol. The highest BCUT2D eigenvalue weighted by Crippen LogP contribution is 2.37.